The maximum Gasteiger partial charge on any atom is 0.133 e. The molecule has 0 radical (unpaired) electrons. The highest BCUT2D eigenvalue weighted by molar-refractivity contribution is 5.36. The van der Waals surface area contributed by atoms with Crippen molar-refractivity contribution in [2.75, 3.05) is 25.1 Å². The van der Waals surface area contributed by atoms with Gasteiger partial charge >= 0.3 is 0 Å². The number of hydrogen-bond donors (Lipinski definition) is 1. The Bertz CT molecular complexity index is 425. The fourth-order valence-electron chi connectivity index (χ4n) is 2.29. The first-order valence-corrected chi connectivity index (χ1v) is 7.16. The van der Waals surface area contributed by atoms with Crippen molar-refractivity contribution in [3.05, 3.63) is 17.6 Å². The Labute approximate surface area is 116 Å². The third-order valence-corrected chi connectivity index (χ3v) is 3.78. The topological polar surface area (TPSA) is 47.0 Å². The number of aryl methyl sites for hydroxylation is 1. The van der Waals surface area contributed by atoms with E-state index < -0.39 is 0 Å². The molecule has 2 heterocycles. The van der Waals surface area contributed by atoms with Gasteiger partial charge in [0.1, 0.15) is 11.6 Å². The van der Waals surface area contributed by atoms with Crippen molar-refractivity contribution in [1.29, 1.82) is 0 Å². The maximum atomic E-state index is 5.43. The van der Waals surface area contributed by atoms with Crippen LogP contribution in [0.3, 0.4) is 0 Å². The van der Waals surface area contributed by atoms with Gasteiger partial charge in [0.15, 0.2) is 0 Å². The summed E-state index contributed by atoms with van der Waals surface area (Å²) in [4.78, 5) is 9.07. The normalized spacial score (nSPS) is 18.6. The van der Waals surface area contributed by atoms with Gasteiger partial charge in [0.2, 0.25) is 0 Å². The summed E-state index contributed by atoms with van der Waals surface area (Å²) in [5.74, 6) is 2.22. The third kappa shape index (κ3) is 3.90. The zero-order chi connectivity index (χ0) is 13.9. The smallest absolute Gasteiger partial charge is 0.133 e. The van der Waals surface area contributed by atoms with Crippen LogP contribution in [0, 0.1) is 12.3 Å². The second-order valence-corrected chi connectivity index (χ2v) is 6.18. The quantitative estimate of drug-likeness (QED) is 0.906. The number of nitrogens with one attached hydrogen (secondary N) is 1. The molecule has 0 bridgehead atoms. The first-order chi connectivity index (χ1) is 8.98. The molecule has 1 aliphatic rings. The molecule has 0 aliphatic carbocycles. The summed E-state index contributed by atoms with van der Waals surface area (Å²) in [6, 6.07) is 2.02. The summed E-state index contributed by atoms with van der Waals surface area (Å²) in [6.07, 6.45) is 2.22. The second-order valence-electron chi connectivity index (χ2n) is 6.18. The molecule has 19 heavy (non-hydrogen) atoms. The van der Waals surface area contributed by atoms with Crippen molar-refractivity contribution in [1.82, 2.24) is 9.97 Å². The molecule has 106 valence electrons. The lowest BCUT2D eigenvalue weighted by Gasteiger charge is -2.33. The van der Waals surface area contributed by atoms with E-state index in [1.54, 1.807) is 0 Å². The second kappa shape index (κ2) is 5.87. The number of ether oxygens (including phenoxy) is 1. The molecule has 0 atom stereocenters. The van der Waals surface area contributed by atoms with Crippen LogP contribution in [-0.2, 0) is 4.74 Å². The monoisotopic (exact) mass is 263 g/mol. The van der Waals surface area contributed by atoms with Crippen LogP contribution in [0.4, 0.5) is 5.82 Å². The predicted molar refractivity (Wildman–Crippen MR) is 77.5 cm³/mol. The molecule has 0 aromatic carbocycles. The molecule has 1 aromatic rings. The van der Waals surface area contributed by atoms with Crippen LogP contribution in [0.5, 0.6) is 0 Å². The van der Waals surface area contributed by atoms with E-state index in [2.05, 4.69) is 36.1 Å². The minimum absolute atomic E-state index is 0.315. The average Bonchev–Trinajstić information content (AvgIpc) is 2.37. The Morgan fingerprint density at radius 3 is 2.63 bits per heavy atom. The molecule has 0 spiro atoms. The summed E-state index contributed by atoms with van der Waals surface area (Å²) < 4.78 is 5.43. The number of nitrogens with zero attached hydrogens (tertiary/aromatic N) is 2. The van der Waals surface area contributed by atoms with Crippen LogP contribution < -0.4 is 5.32 Å². The molecule has 0 unspecified atom stereocenters. The number of hydrogen-bond acceptors (Lipinski definition) is 4. The van der Waals surface area contributed by atoms with Crippen molar-refractivity contribution in [2.24, 2.45) is 5.41 Å². The molecule has 1 aromatic heterocycles. The average molecular weight is 263 g/mol. The molecule has 0 saturated carbocycles. The number of aromatic nitrogens is 2. The molecule has 2 rings (SSSR count). The van der Waals surface area contributed by atoms with Gasteiger partial charge in [0, 0.05) is 37.4 Å². The van der Waals surface area contributed by atoms with Crippen LogP contribution in [0.25, 0.3) is 0 Å². The van der Waals surface area contributed by atoms with Crippen molar-refractivity contribution >= 4 is 5.82 Å². The summed E-state index contributed by atoms with van der Waals surface area (Å²) in [6.45, 7) is 11.3. The van der Waals surface area contributed by atoms with Crippen molar-refractivity contribution in [2.45, 2.75) is 46.5 Å². The molecule has 0 amide bonds. The zero-order valence-corrected chi connectivity index (χ0v) is 12.5. The highest BCUT2D eigenvalue weighted by atomic mass is 16.5. The molecule has 1 N–H and O–H groups in total. The van der Waals surface area contributed by atoms with Crippen LogP contribution in [0.1, 0.15) is 51.0 Å². The molecule has 1 saturated heterocycles. The summed E-state index contributed by atoms with van der Waals surface area (Å²) in [7, 11) is 0. The lowest BCUT2D eigenvalue weighted by molar-refractivity contribution is 0.0299. The highest BCUT2D eigenvalue weighted by Crippen LogP contribution is 2.29. The van der Waals surface area contributed by atoms with E-state index in [1.165, 1.54) is 0 Å². The zero-order valence-electron chi connectivity index (χ0n) is 12.5. The van der Waals surface area contributed by atoms with Gasteiger partial charge in [0.05, 0.1) is 0 Å². The Hall–Kier alpha value is -1.16. The Kier molecular flexibility index (Phi) is 4.40. The Balaban J connectivity index is 2.02. The van der Waals surface area contributed by atoms with Crippen LogP contribution in [-0.4, -0.2) is 29.7 Å². The minimum atomic E-state index is 0.315. The van der Waals surface area contributed by atoms with E-state index in [0.29, 0.717) is 11.3 Å². The minimum Gasteiger partial charge on any atom is -0.381 e. The van der Waals surface area contributed by atoms with Crippen LogP contribution in [0.2, 0.25) is 0 Å². The van der Waals surface area contributed by atoms with E-state index in [1.807, 2.05) is 13.0 Å². The SMILES string of the molecule is Cc1cc(NCC2(C)CCOCC2)nc(C(C)C)n1. The standard InChI is InChI=1S/C15H25N3O/c1-11(2)14-17-12(3)9-13(18-14)16-10-15(4)5-7-19-8-6-15/h9,11H,5-8,10H2,1-4H3,(H,16,17,18). The summed E-state index contributed by atoms with van der Waals surface area (Å²) in [5, 5.41) is 3.48. The number of rotatable bonds is 4. The lowest BCUT2D eigenvalue weighted by atomic mass is 9.82. The van der Waals surface area contributed by atoms with Gasteiger partial charge < -0.3 is 10.1 Å². The van der Waals surface area contributed by atoms with E-state index >= 15 is 0 Å². The van der Waals surface area contributed by atoms with Crippen molar-refractivity contribution in [3.8, 4) is 0 Å². The van der Waals surface area contributed by atoms with Gasteiger partial charge in [-0.1, -0.05) is 20.8 Å². The highest BCUT2D eigenvalue weighted by Gasteiger charge is 2.27. The molecule has 1 fully saturated rings. The van der Waals surface area contributed by atoms with E-state index in [4.69, 9.17) is 4.74 Å². The van der Waals surface area contributed by atoms with Crippen molar-refractivity contribution < 1.29 is 4.74 Å². The Morgan fingerprint density at radius 2 is 2.00 bits per heavy atom. The molecule has 4 heteroatoms. The van der Waals surface area contributed by atoms with Gasteiger partial charge in [-0.05, 0) is 25.2 Å². The summed E-state index contributed by atoms with van der Waals surface area (Å²) in [5.41, 5.74) is 1.34. The van der Waals surface area contributed by atoms with E-state index in [0.717, 1.165) is 49.9 Å². The van der Waals surface area contributed by atoms with Gasteiger partial charge in [-0.25, -0.2) is 9.97 Å². The molecule has 1 aliphatic heterocycles. The first kappa shape index (κ1) is 14.3. The Morgan fingerprint density at radius 1 is 1.32 bits per heavy atom. The molecular weight excluding hydrogens is 238 g/mol. The van der Waals surface area contributed by atoms with Gasteiger partial charge in [0.25, 0.3) is 0 Å². The fraction of sp³-hybridized carbons (Fsp3) is 0.733. The summed E-state index contributed by atoms with van der Waals surface area (Å²) >= 11 is 0. The van der Waals surface area contributed by atoms with Crippen LogP contribution >= 0.6 is 0 Å². The first-order valence-electron chi connectivity index (χ1n) is 7.16. The number of anilines is 1. The van der Waals surface area contributed by atoms with Gasteiger partial charge in [-0.3, -0.25) is 0 Å². The molecule has 4 nitrogen and oxygen atoms in total. The van der Waals surface area contributed by atoms with E-state index in [9.17, 15) is 0 Å². The third-order valence-electron chi connectivity index (χ3n) is 3.78. The largest absolute Gasteiger partial charge is 0.381 e. The van der Waals surface area contributed by atoms with Crippen LogP contribution in [0.15, 0.2) is 6.07 Å². The predicted octanol–water partition coefficient (Wildman–Crippen LogP) is 3.14. The lowest BCUT2D eigenvalue weighted by Crippen LogP contribution is -2.33. The van der Waals surface area contributed by atoms with Gasteiger partial charge in [-0.2, -0.15) is 0 Å². The molecular formula is C15H25N3O. The van der Waals surface area contributed by atoms with Crippen molar-refractivity contribution in [3.63, 3.8) is 0 Å². The van der Waals surface area contributed by atoms with Gasteiger partial charge in [-0.15, -0.1) is 0 Å². The fourth-order valence-corrected chi connectivity index (χ4v) is 2.29. The van der Waals surface area contributed by atoms with E-state index in [-0.39, 0.29) is 0 Å². The maximum absolute atomic E-state index is 5.43.